The second-order valence-electron chi connectivity index (χ2n) is 8.30. The van der Waals surface area contributed by atoms with Crippen LogP contribution in [0.15, 0.2) is 73.2 Å². The summed E-state index contributed by atoms with van der Waals surface area (Å²) < 4.78 is 1.91. The molecule has 0 atom stereocenters. The average Bonchev–Trinajstić information content (AvgIpc) is 3.28. The van der Waals surface area contributed by atoms with E-state index in [1.165, 1.54) is 0 Å². The fraction of sp³-hybridized carbons (Fsp3) is 0.231. The van der Waals surface area contributed by atoms with Crippen LogP contribution in [0.5, 0.6) is 0 Å². The van der Waals surface area contributed by atoms with Crippen molar-refractivity contribution < 1.29 is 9.59 Å². The Bertz CT molecular complexity index is 1270. The number of nitrogens with zero attached hydrogens (tertiary/aromatic N) is 4. The first kappa shape index (κ1) is 20.1. The molecule has 2 aromatic carbocycles. The van der Waals surface area contributed by atoms with Crippen LogP contribution in [-0.4, -0.2) is 44.2 Å². The van der Waals surface area contributed by atoms with Gasteiger partial charge in [-0.2, -0.15) is 0 Å². The molecule has 0 bridgehead atoms. The molecule has 0 saturated carbocycles. The third-order valence-corrected chi connectivity index (χ3v) is 6.19. The number of imidazole rings is 1. The quantitative estimate of drug-likeness (QED) is 0.454. The zero-order chi connectivity index (χ0) is 22.1. The highest BCUT2D eigenvalue weighted by atomic mass is 16.2. The number of piperidine rings is 1. The number of benzene rings is 2. The fourth-order valence-corrected chi connectivity index (χ4v) is 4.28. The van der Waals surface area contributed by atoms with Crippen LogP contribution in [0.3, 0.4) is 0 Å². The Labute approximate surface area is 186 Å². The minimum atomic E-state index is -0.0221. The maximum Gasteiger partial charge on any atom is 0.253 e. The predicted molar refractivity (Wildman–Crippen MR) is 123 cm³/mol. The van der Waals surface area contributed by atoms with Gasteiger partial charge >= 0.3 is 0 Å². The number of carbonyl (C=O) groups is 2. The number of carbonyl (C=O) groups excluding carboxylic acids is 2. The second kappa shape index (κ2) is 8.38. The van der Waals surface area contributed by atoms with Crippen LogP contribution in [-0.2, 0) is 0 Å². The lowest BCUT2D eigenvalue weighted by Gasteiger charge is -2.31. The molecule has 3 heterocycles. The molecule has 1 fully saturated rings. The van der Waals surface area contributed by atoms with Gasteiger partial charge in [-0.25, -0.2) is 9.97 Å². The normalized spacial score (nSPS) is 14.6. The van der Waals surface area contributed by atoms with Gasteiger partial charge in [-0.3, -0.25) is 14.2 Å². The van der Waals surface area contributed by atoms with Crippen molar-refractivity contribution in [3.8, 4) is 5.69 Å². The predicted octanol–water partition coefficient (Wildman–Crippen LogP) is 4.46. The Morgan fingerprint density at radius 3 is 2.28 bits per heavy atom. The molecule has 32 heavy (non-hydrogen) atoms. The topological polar surface area (TPSA) is 68.1 Å². The number of pyridine rings is 1. The molecule has 6 nitrogen and oxygen atoms in total. The van der Waals surface area contributed by atoms with Gasteiger partial charge < -0.3 is 4.90 Å². The summed E-state index contributed by atoms with van der Waals surface area (Å²) in [4.78, 5) is 36.4. The maximum absolute atomic E-state index is 13.0. The molecule has 0 unspecified atom stereocenters. The van der Waals surface area contributed by atoms with E-state index in [-0.39, 0.29) is 17.6 Å². The van der Waals surface area contributed by atoms with Gasteiger partial charge in [0.1, 0.15) is 11.8 Å². The minimum absolute atomic E-state index is 0.00593. The number of aromatic nitrogens is 3. The number of hydrogen-bond donors (Lipinski definition) is 0. The molecular weight excluding hydrogens is 400 g/mol. The number of hydrogen-bond acceptors (Lipinski definition) is 4. The number of ketones is 1. The molecule has 160 valence electrons. The van der Waals surface area contributed by atoms with E-state index in [1.807, 2.05) is 77.1 Å². The zero-order valence-electron chi connectivity index (χ0n) is 17.9. The molecule has 6 heteroatoms. The molecular formula is C26H24N4O2. The summed E-state index contributed by atoms with van der Waals surface area (Å²) in [7, 11) is 0. The van der Waals surface area contributed by atoms with E-state index in [9.17, 15) is 9.59 Å². The first-order valence-corrected chi connectivity index (χ1v) is 10.9. The van der Waals surface area contributed by atoms with Crippen molar-refractivity contribution in [1.29, 1.82) is 0 Å². The van der Waals surface area contributed by atoms with Crippen LogP contribution in [0.4, 0.5) is 0 Å². The molecule has 0 aliphatic carbocycles. The van der Waals surface area contributed by atoms with Gasteiger partial charge in [-0.05, 0) is 56.2 Å². The highest BCUT2D eigenvalue weighted by Crippen LogP contribution is 2.24. The van der Waals surface area contributed by atoms with Gasteiger partial charge in [-0.1, -0.05) is 29.8 Å². The third kappa shape index (κ3) is 3.80. The molecule has 2 aromatic heterocycles. The van der Waals surface area contributed by atoms with Gasteiger partial charge in [-0.15, -0.1) is 0 Å². The lowest BCUT2D eigenvalue weighted by Crippen LogP contribution is -2.40. The summed E-state index contributed by atoms with van der Waals surface area (Å²) in [6, 6.07) is 19.0. The van der Waals surface area contributed by atoms with Crippen LogP contribution in [0.2, 0.25) is 0 Å². The number of aryl methyl sites for hydroxylation is 1. The van der Waals surface area contributed by atoms with Crippen molar-refractivity contribution >= 4 is 22.9 Å². The monoisotopic (exact) mass is 424 g/mol. The summed E-state index contributed by atoms with van der Waals surface area (Å²) in [6.45, 7) is 3.21. The molecule has 1 saturated heterocycles. The molecule has 0 radical (unpaired) electrons. The van der Waals surface area contributed by atoms with Crippen molar-refractivity contribution in [2.75, 3.05) is 13.1 Å². The van der Waals surface area contributed by atoms with Crippen molar-refractivity contribution in [3.63, 3.8) is 0 Å². The Hall–Kier alpha value is -3.80. The lowest BCUT2D eigenvalue weighted by atomic mass is 9.88. The number of amides is 1. The number of Topliss-reactive ketones (excluding diaryl/α,β-unsaturated/α-hetero) is 1. The Morgan fingerprint density at radius 1 is 0.875 bits per heavy atom. The first-order chi connectivity index (χ1) is 15.6. The number of likely N-dealkylation sites (tertiary alicyclic amines) is 1. The van der Waals surface area contributed by atoms with Crippen molar-refractivity contribution in [2.45, 2.75) is 19.8 Å². The summed E-state index contributed by atoms with van der Waals surface area (Å²) in [6.07, 6.45) is 4.88. The Morgan fingerprint density at radius 2 is 1.56 bits per heavy atom. The molecule has 1 aliphatic rings. The van der Waals surface area contributed by atoms with Crippen LogP contribution in [0, 0.1) is 12.8 Å². The van der Waals surface area contributed by atoms with Gasteiger partial charge in [0.2, 0.25) is 0 Å². The molecule has 1 amide bonds. The molecule has 4 aromatic rings. The molecule has 0 spiro atoms. The van der Waals surface area contributed by atoms with E-state index >= 15 is 0 Å². The van der Waals surface area contributed by atoms with Crippen molar-refractivity contribution in [1.82, 2.24) is 19.4 Å². The summed E-state index contributed by atoms with van der Waals surface area (Å²) in [5.41, 5.74) is 5.07. The van der Waals surface area contributed by atoms with E-state index in [2.05, 4.69) is 9.97 Å². The second-order valence-corrected chi connectivity index (χ2v) is 8.30. The van der Waals surface area contributed by atoms with E-state index in [4.69, 9.17) is 0 Å². The first-order valence-electron chi connectivity index (χ1n) is 10.9. The van der Waals surface area contributed by atoms with E-state index in [0.717, 1.165) is 28.0 Å². The van der Waals surface area contributed by atoms with Crippen LogP contribution >= 0.6 is 0 Å². The minimum Gasteiger partial charge on any atom is -0.339 e. The fourth-order valence-electron chi connectivity index (χ4n) is 4.28. The van der Waals surface area contributed by atoms with E-state index in [0.29, 0.717) is 31.5 Å². The van der Waals surface area contributed by atoms with Crippen LogP contribution in [0.25, 0.3) is 16.9 Å². The van der Waals surface area contributed by atoms with Crippen molar-refractivity contribution in [2.24, 2.45) is 5.92 Å². The SMILES string of the molecule is Cc1ccc(C(=O)C2CCN(C(=O)c3ccc(-n4cnc5cccnc54)cc3)CC2)cc1. The van der Waals surface area contributed by atoms with Gasteiger partial charge in [0.05, 0.1) is 0 Å². The highest BCUT2D eigenvalue weighted by Gasteiger charge is 2.28. The summed E-state index contributed by atoms with van der Waals surface area (Å²) >= 11 is 0. The van der Waals surface area contributed by atoms with Crippen LogP contribution in [0.1, 0.15) is 39.1 Å². The van der Waals surface area contributed by atoms with E-state index in [1.54, 1.807) is 12.5 Å². The van der Waals surface area contributed by atoms with Gasteiger partial charge in [0.25, 0.3) is 5.91 Å². The summed E-state index contributed by atoms with van der Waals surface area (Å²) in [5, 5.41) is 0. The maximum atomic E-state index is 13.0. The molecule has 1 aliphatic heterocycles. The highest BCUT2D eigenvalue weighted by molar-refractivity contribution is 5.98. The standard InChI is InChI=1S/C26H24N4O2/c1-18-4-6-19(7-5-18)24(31)20-12-15-29(16-13-20)26(32)21-8-10-22(11-9-21)30-17-28-23-3-2-14-27-25(23)30/h2-11,14,17,20H,12-13,15-16H2,1H3. The van der Waals surface area contributed by atoms with Crippen LogP contribution < -0.4 is 0 Å². The van der Waals surface area contributed by atoms with Crippen molar-refractivity contribution in [3.05, 3.63) is 89.9 Å². The summed E-state index contributed by atoms with van der Waals surface area (Å²) in [5.74, 6) is 0.167. The van der Waals surface area contributed by atoms with Gasteiger partial charge in [0, 0.05) is 42.0 Å². The van der Waals surface area contributed by atoms with E-state index < -0.39 is 0 Å². The largest absolute Gasteiger partial charge is 0.339 e. The molecule has 5 rings (SSSR count). The molecule has 0 N–H and O–H groups in total. The number of fused-ring (bicyclic) bond motifs is 1. The Kier molecular flexibility index (Phi) is 5.27. The number of rotatable bonds is 4. The Balaban J connectivity index is 1.24. The average molecular weight is 425 g/mol. The lowest BCUT2D eigenvalue weighted by molar-refractivity contribution is 0.0650. The van der Waals surface area contributed by atoms with Gasteiger partial charge in [0.15, 0.2) is 11.4 Å². The third-order valence-electron chi connectivity index (χ3n) is 6.19. The smallest absolute Gasteiger partial charge is 0.253 e. The zero-order valence-corrected chi connectivity index (χ0v) is 17.9.